The van der Waals surface area contributed by atoms with Gasteiger partial charge in [-0.25, -0.2) is 4.79 Å². The van der Waals surface area contributed by atoms with Crippen LogP contribution in [0.4, 0.5) is 0 Å². The third-order valence-electron chi connectivity index (χ3n) is 5.33. The molecule has 0 N–H and O–H groups in total. The van der Waals surface area contributed by atoms with Gasteiger partial charge in [0.25, 0.3) is 0 Å². The van der Waals surface area contributed by atoms with Crippen molar-refractivity contribution in [3.8, 4) is 5.75 Å². The van der Waals surface area contributed by atoms with E-state index in [1.165, 1.54) is 6.07 Å². The first-order chi connectivity index (χ1) is 15.5. The van der Waals surface area contributed by atoms with Gasteiger partial charge in [0, 0.05) is 38.6 Å². The highest BCUT2D eigenvalue weighted by Crippen LogP contribution is 2.31. The van der Waals surface area contributed by atoms with Crippen molar-refractivity contribution in [1.82, 2.24) is 0 Å². The van der Waals surface area contributed by atoms with E-state index < -0.39 is 5.63 Å². The summed E-state index contributed by atoms with van der Waals surface area (Å²) >= 11 is 6.10. The van der Waals surface area contributed by atoms with Crippen LogP contribution in [-0.2, 0) is 6.61 Å². The normalized spacial score (nSPS) is 11.2. The van der Waals surface area contributed by atoms with Crippen LogP contribution in [0.3, 0.4) is 0 Å². The highest BCUT2D eigenvalue weighted by molar-refractivity contribution is 6.31. The second-order valence-electron chi connectivity index (χ2n) is 7.43. The fourth-order valence-electron chi connectivity index (χ4n) is 3.71. The number of carbonyl (C=O) groups excluding carboxylic acids is 1. The Bertz CT molecular complexity index is 1530. The molecule has 6 heteroatoms. The highest BCUT2D eigenvalue weighted by atomic mass is 35.5. The summed E-state index contributed by atoms with van der Waals surface area (Å²) in [4.78, 5) is 24.7. The molecule has 158 valence electrons. The summed E-state index contributed by atoms with van der Waals surface area (Å²) in [6, 6.07) is 20.9. The number of rotatable bonds is 5. The van der Waals surface area contributed by atoms with Crippen LogP contribution in [-0.4, -0.2) is 5.78 Å². The molecule has 0 fully saturated rings. The second kappa shape index (κ2) is 8.02. The molecule has 5 nitrogen and oxygen atoms in total. The lowest BCUT2D eigenvalue weighted by Crippen LogP contribution is -2.04. The summed E-state index contributed by atoms with van der Waals surface area (Å²) in [5, 5.41) is 2.05. The Morgan fingerprint density at radius 2 is 1.66 bits per heavy atom. The Morgan fingerprint density at radius 3 is 2.47 bits per heavy atom. The third-order valence-corrected chi connectivity index (χ3v) is 5.57. The maximum atomic E-state index is 12.8. The van der Waals surface area contributed by atoms with Gasteiger partial charge in [-0.05, 0) is 43.3 Å². The van der Waals surface area contributed by atoms with Crippen LogP contribution >= 0.6 is 11.6 Å². The Morgan fingerprint density at radius 1 is 0.906 bits per heavy atom. The van der Waals surface area contributed by atoms with E-state index in [9.17, 15) is 9.59 Å². The lowest BCUT2D eigenvalue weighted by Gasteiger charge is -2.09. The number of furan rings is 1. The molecule has 5 rings (SSSR count). The van der Waals surface area contributed by atoms with Gasteiger partial charge in [0.1, 0.15) is 23.5 Å². The van der Waals surface area contributed by atoms with Crippen LogP contribution in [0.1, 0.15) is 27.2 Å². The largest absolute Gasteiger partial charge is 0.489 e. The molecular formula is C26H17ClO5. The van der Waals surface area contributed by atoms with E-state index in [-0.39, 0.29) is 12.4 Å². The minimum absolute atomic E-state index is 0.153. The zero-order valence-electron chi connectivity index (χ0n) is 17.1. The molecule has 0 saturated carbocycles. The van der Waals surface area contributed by atoms with E-state index in [1.807, 2.05) is 31.2 Å². The number of hydrogen-bond donors (Lipinski definition) is 0. The van der Waals surface area contributed by atoms with Gasteiger partial charge < -0.3 is 13.6 Å². The number of halogens is 1. The molecule has 0 unspecified atom stereocenters. The minimum Gasteiger partial charge on any atom is -0.489 e. The molecule has 0 spiro atoms. The lowest BCUT2D eigenvalue weighted by molar-refractivity contribution is 0.101. The van der Waals surface area contributed by atoms with Crippen LogP contribution in [0.15, 0.2) is 86.4 Å². The van der Waals surface area contributed by atoms with Gasteiger partial charge in [-0.15, -0.1) is 0 Å². The first-order valence-electron chi connectivity index (χ1n) is 9.97. The summed E-state index contributed by atoms with van der Waals surface area (Å²) in [7, 11) is 0. The fraction of sp³-hybridized carbons (Fsp3) is 0.0769. The van der Waals surface area contributed by atoms with E-state index in [0.717, 1.165) is 10.9 Å². The van der Waals surface area contributed by atoms with Gasteiger partial charge >= 0.3 is 5.63 Å². The van der Waals surface area contributed by atoms with Crippen LogP contribution in [0.5, 0.6) is 5.75 Å². The maximum Gasteiger partial charge on any atom is 0.336 e. The summed E-state index contributed by atoms with van der Waals surface area (Å²) in [5.41, 5.74) is 2.58. The monoisotopic (exact) mass is 444 g/mol. The summed E-state index contributed by atoms with van der Waals surface area (Å²) in [5.74, 6) is 0.731. The molecule has 32 heavy (non-hydrogen) atoms. The van der Waals surface area contributed by atoms with Crippen LogP contribution in [0, 0.1) is 6.92 Å². The molecule has 0 aliphatic rings. The SMILES string of the molecule is Cc1c(C(=O)c2ccccc2)oc2ccc(OCc3cc(=O)oc4ccc(Cl)cc34)cc12. The van der Waals surface area contributed by atoms with Gasteiger partial charge in [-0.1, -0.05) is 41.9 Å². The average molecular weight is 445 g/mol. The lowest BCUT2D eigenvalue weighted by atomic mass is 10.0. The van der Waals surface area contributed by atoms with Crippen molar-refractivity contribution in [2.45, 2.75) is 13.5 Å². The molecule has 0 amide bonds. The van der Waals surface area contributed by atoms with Gasteiger partial charge in [0.15, 0.2) is 5.76 Å². The maximum absolute atomic E-state index is 12.8. The van der Waals surface area contributed by atoms with E-state index in [1.54, 1.807) is 42.5 Å². The fourth-order valence-corrected chi connectivity index (χ4v) is 3.88. The summed E-state index contributed by atoms with van der Waals surface area (Å²) in [6.07, 6.45) is 0. The van der Waals surface area contributed by atoms with E-state index >= 15 is 0 Å². The molecule has 0 aliphatic heterocycles. The Labute approximate surface area is 187 Å². The molecule has 2 aromatic heterocycles. The average Bonchev–Trinajstić information content (AvgIpc) is 3.13. The van der Waals surface area contributed by atoms with Crippen LogP contribution in [0.25, 0.3) is 21.9 Å². The van der Waals surface area contributed by atoms with Gasteiger partial charge in [0.2, 0.25) is 5.78 Å². The molecule has 5 aromatic rings. The number of ether oxygens (including phenoxy) is 1. The van der Waals surface area contributed by atoms with E-state index in [4.69, 9.17) is 25.2 Å². The zero-order chi connectivity index (χ0) is 22.2. The van der Waals surface area contributed by atoms with Crippen LogP contribution in [0.2, 0.25) is 5.02 Å². The van der Waals surface area contributed by atoms with E-state index in [2.05, 4.69) is 0 Å². The summed E-state index contributed by atoms with van der Waals surface area (Å²) in [6.45, 7) is 2.00. The second-order valence-corrected chi connectivity index (χ2v) is 7.87. The molecule has 0 bridgehead atoms. The molecule has 0 aliphatic carbocycles. The first-order valence-corrected chi connectivity index (χ1v) is 10.4. The zero-order valence-corrected chi connectivity index (χ0v) is 17.8. The van der Waals surface area contributed by atoms with Gasteiger partial charge in [0.05, 0.1) is 0 Å². The molecular weight excluding hydrogens is 428 g/mol. The minimum atomic E-state index is -0.455. The number of ketones is 1. The molecule has 0 radical (unpaired) electrons. The molecule has 0 saturated heterocycles. The van der Waals surface area contributed by atoms with E-state index in [0.29, 0.717) is 44.2 Å². The predicted molar refractivity (Wildman–Crippen MR) is 123 cm³/mol. The highest BCUT2D eigenvalue weighted by Gasteiger charge is 2.19. The molecule has 2 heterocycles. The van der Waals surface area contributed by atoms with Crippen molar-refractivity contribution in [3.05, 3.63) is 111 Å². The van der Waals surface area contributed by atoms with Gasteiger partial charge in [-0.3, -0.25) is 4.79 Å². The van der Waals surface area contributed by atoms with Crippen LogP contribution < -0.4 is 10.4 Å². The van der Waals surface area contributed by atoms with Gasteiger partial charge in [-0.2, -0.15) is 0 Å². The standard InChI is InChI=1S/C26H17ClO5/c1-15-20-13-19(8-10-22(20)32-26(15)25(29)16-5-3-2-4-6-16)30-14-17-11-24(28)31-23-9-7-18(27)12-21(17)23/h2-13H,14H2,1H3. The van der Waals surface area contributed by atoms with Crippen molar-refractivity contribution in [1.29, 1.82) is 0 Å². The number of hydrogen-bond acceptors (Lipinski definition) is 5. The van der Waals surface area contributed by atoms with Crippen molar-refractivity contribution < 1.29 is 18.4 Å². The molecule has 3 aromatic carbocycles. The summed E-state index contributed by atoms with van der Waals surface area (Å²) < 4.78 is 17.0. The number of benzene rings is 3. The Kier molecular flexibility index (Phi) is 5.04. The topological polar surface area (TPSA) is 69.7 Å². The quantitative estimate of drug-likeness (QED) is 0.234. The Hall–Kier alpha value is -3.83. The van der Waals surface area contributed by atoms with Crippen molar-refractivity contribution in [2.24, 2.45) is 0 Å². The number of fused-ring (bicyclic) bond motifs is 2. The first kappa shape index (κ1) is 20.1. The smallest absolute Gasteiger partial charge is 0.336 e. The van der Waals surface area contributed by atoms with Crippen molar-refractivity contribution in [2.75, 3.05) is 0 Å². The molecule has 0 atom stereocenters. The number of carbonyl (C=O) groups is 1. The Balaban J connectivity index is 1.46. The van der Waals surface area contributed by atoms with Crippen molar-refractivity contribution >= 4 is 39.3 Å². The third kappa shape index (κ3) is 3.67. The predicted octanol–water partition coefficient (Wildman–Crippen LogP) is 6.31. The number of aryl methyl sites for hydroxylation is 1. The van der Waals surface area contributed by atoms with Crippen molar-refractivity contribution in [3.63, 3.8) is 0 Å².